The van der Waals surface area contributed by atoms with Gasteiger partial charge in [-0.3, -0.25) is 19.8 Å². The first-order valence-electron chi connectivity index (χ1n) is 7.82. The number of hydrogen-bond acceptors (Lipinski definition) is 6. The van der Waals surface area contributed by atoms with Crippen LogP contribution >= 0.6 is 11.3 Å². The van der Waals surface area contributed by atoms with Crippen molar-refractivity contribution in [3.8, 4) is 0 Å². The van der Waals surface area contributed by atoms with Crippen molar-refractivity contribution >= 4 is 39.8 Å². The van der Waals surface area contributed by atoms with Gasteiger partial charge in [0.1, 0.15) is 12.1 Å². The van der Waals surface area contributed by atoms with Crippen molar-refractivity contribution in [2.24, 2.45) is 0 Å². The summed E-state index contributed by atoms with van der Waals surface area (Å²) >= 11 is 1.42. The molecular formula is C16H14N6O3S. The maximum absolute atomic E-state index is 12.4. The minimum absolute atomic E-state index is 0.0209. The normalized spacial score (nSPS) is 15.3. The van der Waals surface area contributed by atoms with Gasteiger partial charge in [0.2, 0.25) is 10.9 Å². The van der Waals surface area contributed by atoms with Gasteiger partial charge in [0, 0.05) is 11.3 Å². The largest absolute Gasteiger partial charge is 0.344 e. The first-order chi connectivity index (χ1) is 12.5. The van der Waals surface area contributed by atoms with E-state index in [4.69, 9.17) is 0 Å². The third-order valence-corrected chi connectivity index (χ3v) is 4.72. The van der Waals surface area contributed by atoms with Gasteiger partial charge in [0.05, 0.1) is 17.9 Å². The number of anilines is 1. The molecule has 0 saturated carbocycles. The number of fused-ring (bicyclic) bond motifs is 1. The second kappa shape index (κ2) is 6.23. The van der Waals surface area contributed by atoms with Crippen LogP contribution in [0.25, 0.3) is 4.96 Å². The van der Waals surface area contributed by atoms with Crippen LogP contribution in [-0.4, -0.2) is 39.0 Å². The standard InChI is InChI=1S/C16H14N6O3S/c1-9(12-6-22-16(19-12)26-8-17-22)18-14(24)10-2-4-11(5-3-10)21-7-13(23)20-15(21)25/h2-6,8-9H,7H2,1H3,(H,18,24)(H,20,23,25). The molecule has 1 unspecified atom stereocenters. The summed E-state index contributed by atoms with van der Waals surface area (Å²) in [5, 5.41) is 9.21. The number of hydrogen-bond donors (Lipinski definition) is 2. The topological polar surface area (TPSA) is 109 Å². The molecule has 2 N–H and O–H groups in total. The van der Waals surface area contributed by atoms with Crippen LogP contribution in [0.5, 0.6) is 0 Å². The Kier molecular flexibility index (Phi) is 3.88. The van der Waals surface area contributed by atoms with E-state index < -0.39 is 6.03 Å². The molecule has 2 aromatic heterocycles. The molecule has 0 spiro atoms. The van der Waals surface area contributed by atoms with Crippen molar-refractivity contribution in [2.45, 2.75) is 13.0 Å². The van der Waals surface area contributed by atoms with Gasteiger partial charge in [0.15, 0.2) is 0 Å². The van der Waals surface area contributed by atoms with Crippen LogP contribution in [0.3, 0.4) is 0 Å². The second-order valence-electron chi connectivity index (χ2n) is 5.81. The Balaban J connectivity index is 1.45. The molecule has 4 rings (SSSR count). The number of carbonyl (C=O) groups is 3. The van der Waals surface area contributed by atoms with E-state index in [-0.39, 0.29) is 24.4 Å². The Morgan fingerprint density at radius 2 is 2.08 bits per heavy atom. The molecule has 0 aliphatic carbocycles. The fraction of sp³-hybridized carbons (Fsp3) is 0.188. The lowest BCUT2D eigenvalue weighted by atomic mass is 10.1. The van der Waals surface area contributed by atoms with Gasteiger partial charge in [-0.1, -0.05) is 11.3 Å². The number of carbonyl (C=O) groups excluding carboxylic acids is 3. The quantitative estimate of drug-likeness (QED) is 0.674. The van der Waals surface area contributed by atoms with Gasteiger partial charge >= 0.3 is 6.03 Å². The van der Waals surface area contributed by atoms with E-state index in [0.717, 1.165) is 10.7 Å². The molecule has 1 aromatic carbocycles. The van der Waals surface area contributed by atoms with Crippen LogP contribution < -0.4 is 15.5 Å². The van der Waals surface area contributed by atoms with Crippen LogP contribution in [0.15, 0.2) is 36.0 Å². The molecule has 3 heterocycles. The summed E-state index contributed by atoms with van der Waals surface area (Å²) in [6, 6.07) is 5.75. The summed E-state index contributed by atoms with van der Waals surface area (Å²) in [5.41, 5.74) is 3.43. The molecule has 26 heavy (non-hydrogen) atoms. The lowest BCUT2D eigenvalue weighted by Crippen LogP contribution is -2.28. The fourth-order valence-electron chi connectivity index (χ4n) is 2.66. The number of nitrogens with one attached hydrogen (secondary N) is 2. The van der Waals surface area contributed by atoms with Crippen LogP contribution in [0.4, 0.5) is 10.5 Å². The van der Waals surface area contributed by atoms with Gasteiger partial charge in [-0.15, -0.1) is 0 Å². The van der Waals surface area contributed by atoms with Crippen molar-refractivity contribution < 1.29 is 14.4 Å². The van der Waals surface area contributed by atoms with Crippen LogP contribution in [0.1, 0.15) is 29.0 Å². The molecule has 10 heteroatoms. The number of rotatable bonds is 4. The minimum atomic E-state index is -0.464. The van der Waals surface area contributed by atoms with Gasteiger partial charge in [0.25, 0.3) is 5.91 Å². The number of nitrogens with zero attached hydrogens (tertiary/aromatic N) is 4. The van der Waals surface area contributed by atoms with Crippen molar-refractivity contribution in [2.75, 3.05) is 11.4 Å². The smallest absolute Gasteiger partial charge is 0.329 e. The molecule has 1 atom stereocenters. The average Bonchev–Trinajstić information content (AvgIpc) is 3.29. The monoisotopic (exact) mass is 370 g/mol. The Labute approximate surface area is 151 Å². The Hall–Kier alpha value is -3.27. The predicted octanol–water partition coefficient (Wildman–Crippen LogP) is 1.34. The number of amides is 4. The SMILES string of the molecule is CC(NC(=O)c1ccc(N2CC(=O)NC2=O)cc1)c1cn2ncsc2n1. The Morgan fingerprint density at radius 3 is 2.73 bits per heavy atom. The molecule has 0 bridgehead atoms. The summed E-state index contributed by atoms with van der Waals surface area (Å²) < 4.78 is 1.67. The fourth-order valence-corrected chi connectivity index (χ4v) is 3.27. The zero-order valence-electron chi connectivity index (χ0n) is 13.7. The molecule has 1 aliphatic heterocycles. The summed E-state index contributed by atoms with van der Waals surface area (Å²) in [7, 11) is 0. The first kappa shape index (κ1) is 16.2. The zero-order chi connectivity index (χ0) is 18.3. The molecule has 1 fully saturated rings. The van der Waals surface area contributed by atoms with Gasteiger partial charge in [-0.25, -0.2) is 14.3 Å². The minimum Gasteiger partial charge on any atom is -0.344 e. The second-order valence-corrected chi connectivity index (χ2v) is 6.62. The van der Waals surface area contributed by atoms with E-state index in [0.29, 0.717) is 11.3 Å². The van der Waals surface area contributed by atoms with E-state index in [2.05, 4.69) is 20.7 Å². The molecule has 0 radical (unpaired) electrons. The number of aromatic nitrogens is 3. The van der Waals surface area contributed by atoms with Crippen molar-refractivity contribution in [3.63, 3.8) is 0 Å². The van der Waals surface area contributed by atoms with E-state index in [1.165, 1.54) is 16.2 Å². The molecule has 4 amide bonds. The number of imide groups is 1. The third-order valence-electron chi connectivity index (χ3n) is 4.03. The van der Waals surface area contributed by atoms with Crippen molar-refractivity contribution in [3.05, 3.63) is 47.2 Å². The van der Waals surface area contributed by atoms with Crippen molar-refractivity contribution in [1.29, 1.82) is 0 Å². The highest BCUT2D eigenvalue weighted by molar-refractivity contribution is 7.14. The molecule has 1 saturated heterocycles. The van der Waals surface area contributed by atoms with Crippen LogP contribution in [-0.2, 0) is 4.79 Å². The lowest BCUT2D eigenvalue weighted by Gasteiger charge is -2.14. The highest BCUT2D eigenvalue weighted by atomic mass is 32.1. The molecule has 3 aromatic rings. The van der Waals surface area contributed by atoms with Crippen LogP contribution in [0.2, 0.25) is 0 Å². The summed E-state index contributed by atoms with van der Waals surface area (Å²) in [6.07, 6.45) is 1.78. The molecular weight excluding hydrogens is 356 g/mol. The van der Waals surface area contributed by atoms with E-state index in [1.807, 2.05) is 6.92 Å². The van der Waals surface area contributed by atoms with Gasteiger partial charge < -0.3 is 5.32 Å². The summed E-state index contributed by atoms with van der Waals surface area (Å²) in [5.74, 6) is -0.601. The van der Waals surface area contributed by atoms with Crippen molar-refractivity contribution in [1.82, 2.24) is 25.2 Å². The molecule has 9 nitrogen and oxygen atoms in total. The molecule has 1 aliphatic rings. The lowest BCUT2D eigenvalue weighted by molar-refractivity contribution is -0.117. The number of urea groups is 1. The highest BCUT2D eigenvalue weighted by Gasteiger charge is 2.28. The van der Waals surface area contributed by atoms with Gasteiger partial charge in [-0.2, -0.15) is 5.10 Å². The van der Waals surface area contributed by atoms with Gasteiger partial charge in [-0.05, 0) is 31.2 Å². The summed E-state index contributed by atoms with van der Waals surface area (Å²) in [4.78, 5) is 41.9. The Bertz CT molecular complexity index is 980. The van der Waals surface area contributed by atoms with E-state index in [9.17, 15) is 14.4 Å². The van der Waals surface area contributed by atoms with Crippen LogP contribution in [0, 0.1) is 0 Å². The predicted molar refractivity (Wildman–Crippen MR) is 94.1 cm³/mol. The van der Waals surface area contributed by atoms with E-state index >= 15 is 0 Å². The third kappa shape index (κ3) is 2.90. The Morgan fingerprint density at radius 1 is 1.31 bits per heavy atom. The maximum atomic E-state index is 12.4. The maximum Gasteiger partial charge on any atom is 0.329 e. The summed E-state index contributed by atoms with van der Waals surface area (Å²) in [6.45, 7) is 1.83. The number of benzene rings is 1. The zero-order valence-corrected chi connectivity index (χ0v) is 14.5. The average molecular weight is 370 g/mol. The number of imidazole rings is 1. The van der Waals surface area contributed by atoms with E-state index in [1.54, 1.807) is 40.5 Å². The molecule has 132 valence electrons. The highest BCUT2D eigenvalue weighted by Crippen LogP contribution is 2.19. The first-order valence-corrected chi connectivity index (χ1v) is 8.70.